The average molecular weight is 489 g/mol. The van der Waals surface area contributed by atoms with E-state index in [2.05, 4.69) is 10.4 Å². The van der Waals surface area contributed by atoms with Crippen LogP contribution < -0.4 is 11.1 Å². The van der Waals surface area contributed by atoms with E-state index >= 15 is 0 Å². The molecule has 1 aliphatic carbocycles. The standard InChI is InChI=1S/C23H25FN4O5S/c1-27(19-5-3-2-4-6-19)34(31,32)20-13-11-18(12-14-20)25-21(29)15-28-23(30)33-22(26-28)16-7-9-17(24)10-8-16/h7-14,19H,2-6,15H2,1H3,(H,25,29). The van der Waals surface area contributed by atoms with E-state index in [-0.39, 0.29) is 16.8 Å². The molecule has 0 saturated heterocycles. The molecule has 1 N–H and O–H groups in total. The molecule has 0 radical (unpaired) electrons. The van der Waals surface area contributed by atoms with Crippen molar-refractivity contribution in [1.82, 2.24) is 14.1 Å². The molecule has 1 saturated carbocycles. The number of hydrogen-bond acceptors (Lipinski definition) is 6. The van der Waals surface area contributed by atoms with Crippen LogP contribution in [0, 0.1) is 5.82 Å². The summed E-state index contributed by atoms with van der Waals surface area (Å²) >= 11 is 0. The molecule has 11 heteroatoms. The predicted molar refractivity (Wildman–Crippen MR) is 123 cm³/mol. The molecule has 2 aromatic carbocycles. The summed E-state index contributed by atoms with van der Waals surface area (Å²) in [4.78, 5) is 24.6. The number of hydrogen-bond donors (Lipinski definition) is 1. The van der Waals surface area contributed by atoms with Gasteiger partial charge in [0.05, 0.1) is 4.90 Å². The second-order valence-corrected chi connectivity index (χ2v) is 10.2. The molecule has 0 atom stereocenters. The zero-order valence-electron chi connectivity index (χ0n) is 18.6. The maximum absolute atomic E-state index is 13.1. The van der Waals surface area contributed by atoms with Gasteiger partial charge in [0.2, 0.25) is 21.8 Å². The number of benzene rings is 2. The summed E-state index contributed by atoms with van der Waals surface area (Å²) in [5, 5.41) is 6.58. The third-order valence-electron chi connectivity index (χ3n) is 5.89. The number of amides is 1. The van der Waals surface area contributed by atoms with Gasteiger partial charge in [-0.3, -0.25) is 4.79 Å². The normalized spacial score (nSPS) is 14.9. The highest BCUT2D eigenvalue weighted by atomic mass is 32.2. The molecule has 0 aliphatic heterocycles. The molecule has 0 unspecified atom stereocenters. The Morgan fingerprint density at radius 1 is 1.12 bits per heavy atom. The summed E-state index contributed by atoms with van der Waals surface area (Å²) in [6, 6.07) is 11.1. The summed E-state index contributed by atoms with van der Waals surface area (Å²) in [6.07, 6.45) is 4.89. The van der Waals surface area contributed by atoms with Gasteiger partial charge in [0.25, 0.3) is 0 Å². The predicted octanol–water partition coefficient (Wildman–Crippen LogP) is 3.23. The molecule has 1 fully saturated rings. The Morgan fingerprint density at radius 3 is 2.41 bits per heavy atom. The second kappa shape index (κ2) is 9.90. The highest BCUT2D eigenvalue weighted by molar-refractivity contribution is 7.89. The monoisotopic (exact) mass is 488 g/mol. The average Bonchev–Trinajstić information content (AvgIpc) is 3.19. The van der Waals surface area contributed by atoms with E-state index in [1.54, 1.807) is 7.05 Å². The van der Waals surface area contributed by atoms with E-state index in [1.165, 1.54) is 52.8 Å². The number of anilines is 1. The van der Waals surface area contributed by atoms with Crippen LogP contribution in [0.3, 0.4) is 0 Å². The number of sulfonamides is 1. The van der Waals surface area contributed by atoms with E-state index in [0.29, 0.717) is 11.3 Å². The van der Waals surface area contributed by atoms with Gasteiger partial charge in [-0.2, -0.15) is 8.99 Å². The van der Waals surface area contributed by atoms with Crippen LogP contribution in [0.5, 0.6) is 0 Å². The molecule has 9 nitrogen and oxygen atoms in total. The van der Waals surface area contributed by atoms with Crippen molar-refractivity contribution in [2.45, 2.75) is 49.6 Å². The zero-order chi connectivity index (χ0) is 24.3. The van der Waals surface area contributed by atoms with Crippen LogP contribution in [0.4, 0.5) is 10.1 Å². The molecule has 1 aromatic heterocycles. The lowest BCUT2D eigenvalue weighted by molar-refractivity contribution is -0.117. The van der Waals surface area contributed by atoms with Gasteiger partial charge >= 0.3 is 5.76 Å². The summed E-state index contributed by atoms with van der Waals surface area (Å²) in [5.74, 6) is -1.85. The van der Waals surface area contributed by atoms with Crippen molar-refractivity contribution in [3.05, 3.63) is 64.9 Å². The highest BCUT2D eigenvalue weighted by Gasteiger charge is 2.29. The fourth-order valence-electron chi connectivity index (χ4n) is 3.97. The van der Waals surface area contributed by atoms with E-state index in [4.69, 9.17) is 4.42 Å². The fourth-order valence-corrected chi connectivity index (χ4v) is 5.39. The van der Waals surface area contributed by atoms with E-state index in [0.717, 1.165) is 36.8 Å². The topological polar surface area (TPSA) is 115 Å². The Labute approximate surface area is 196 Å². The first-order valence-electron chi connectivity index (χ1n) is 11.0. The molecular formula is C23H25FN4O5S. The van der Waals surface area contributed by atoms with Crippen molar-refractivity contribution < 1.29 is 22.0 Å². The summed E-state index contributed by atoms with van der Waals surface area (Å²) in [5.41, 5.74) is 0.771. The molecule has 1 heterocycles. The first kappa shape index (κ1) is 23.8. The molecule has 3 aromatic rings. The quantitative estimate of drug-likeness (QED) is 0.546. The summed E-state index contributed by atoms with van der Waals surface area (Å²) < 4.78 is 46.3. The Bertz CT molecular complexity index is 1310. The van der Waals surface area contributed by atoms with Gasteiger partial charge in [-0.1, -0.05) is 19.3 Å². The van der Waals surface area contributed by atoms with Crippen molar-refractivity contribution in [3.8, 4) is 11.5 Å². The number of rotatable bonds is 7. The smallest absolute Gasteiger partial charge is 0.388 e. The zero-order valence-corrected chi connectivity index (χ0v) is 19.4. The third kappa shape index (κ3) is 5.26. The van der Waals surface area contributed by atoms with Crippen LogP contribution in [0.2, 0.25) is 0 Å². The SMILES string of the molecule is CN(C1CCCCC1)S(=O)(=O)c1ccc(NC(=O)Cn2nc(-c3ccc(F)cc3)oc2=O)cc1. The van der Waals surface area contributed by atoms with Crippen LogP contribution in [-0.2, 0) is 21.4 Å². The van der Waals surface area contributed by atoms with Crippen molar-refractivity contribution >= 4 is 21.6 Å². The Kier molecular flexibility index (Phi) is 6.94. The van der Waals surface area contributed by atoms with Gasteiger partial charge in [0.1, 0.15) is 12.4 Å². The molecule has 1 amide bonds. The first-order valence-corrected chi connectivity index (χ1v) is 12.4. The molecule has 4 rings (SSSR count). The summed E-state index contributed by atoms with van der Waals surface area (Å²) in [7, 11) is -2.03. The molecule has 0 bridgehead atoms. The van der Waals surface area contributed by atoms with Crippen molar-refractivity contribution in [2.24, 2.45) is 0 Å². The minimum atomic E-state index is -3.64. The Morgan fingerprint density at radius 2 is 1.76 bits per heavy atom. The maximum Gasteiger partial charge on any atom is 0.437 e. The lowest BCUT2D eigenvalue weighted by atomic mass is 9.96. The van der Waals surface area contributed by atoms with Crippen molar-refractivity contribution in [3.63, 3.8) is 0 Å². The van der Waals surface area contributed by atoms with Crippen molar-refractivity contribution in [2.75, 3.05) is 12.4 Å². The largest absolute Gasteiger partial charge is 0.437 e. The fraction of sp³-hybridized carbons (Fsp3) is 0.348. The van der Waals surface area contributed by atoms with Gasteiger partial charge in [0.15, 0.2) is 0 Å². The number of carbonyl (C=O) groups is 1. The minimum Gasteiger partial charge on any atom is -0.388 e. The number of nitrogens with one attached hydrogen (secondary N) is 1. The van der Waals surface area contributed by atoms with Gasteiger partial charge in [-0.05, 0) is 61.4 Å². The van der Waals surface area contributed by atoms with Crippen LogP contribution >= 0.6 is 0 Å². The second-order valence-electron chi connectivity index (χ2n) is 8.22. The minimum absolute atomic E-state index is 0.00120. The van der Waals surface area contributed by atoms with E-state index in [1.807, 2.05) is 0 Å². The van der Waals surface area contributed by atoms with Crippen LogP contribution in [0.15, 0.2) is 62.6 Å². The first-order chi connectivity index (χ1) is 16.2. The maximum atomic E-state index is 13.1. The van der Waals surface area contributed by atoms with Gasteiger partial charge in [-0.15, -0.1) is 5.10 Å². The third-order valence-corrected chi connectivity index (χ3v) is 7.82. The van der Waals surface area contributed by atoms with Crippen molar-refractivity contribution in [1.29, 1.82) is 0 Å². The Balaban J connectivity index is 1.40. The number of carbonyl (C=O) groups excluding carboxylic acids is 1. The molecule has 34 heavy (non-hydrogen) atoms. The number of nitrogens with zero attached hydrogens (tertiary/aromatic N) is 3. The highest BCUT2D eigenvalue weighted by Crippen LogP contribution is 2.27. The van der Waals surface area contributed by atoms with Gasteiger partial charge < -0.3 is 9.73 Å². The number of aromatic nitrogens is 2. The van der Waals surface area contributed by atoms with E-state index in [9.17, 15) is 22.4 Å². The van der Waals surface area contributed by atoms with Gasteiger partial charge in [-0.25, -0.2) is 17.6 Å². The lowest BCUT2D eigenvalue weighted by Gasteiger charge is -2.30. The molecule has 0 spiro atoms. The van der Waals surface area contributed by atoms with E-state index < -0.39 is 34.0 Å². The van der Waals surface area contributed by atoms with Crippen LogP contribution in [-0.4, -0.2) is 41.5 Å². The lowest BCUT2D eigenvalue weighted by Crippen LogP contribution is -2.38. The molecule has 180 valence electrons. The molecule has 1 aliphatic rings. The number of halogens is 1. The summed E-state index contributed by atoms with van der Waals surface area (Å²) in [6.45, 7) is -0.409. The molecular weight excluding hydrogens is 463 g/mol. The Hall–Kier alpha value is -3.31. The van der Waals surface area contributed by atoms with Crippen LogP contribution in [0.1, 0.15) is 32.1 Å². The van der Waals surface area contributed by atoms with Crippen LogP contribution in [0.25, 0.3) is 11.5 Å². The van der Waals surface area contributed by atoms with Gasteiger partial charge in [0, 0.05) is 24.3 Å².